The molecule has 0 aliphatic heterocycles. The molecule has 1 aromatic heterocycles. The van der Waals surface area contributed by atoms with E-state index in [0.717, 1.165) is 13.0 Å². The second kappa shape index (κ2) is 14.2. The fourth-order valence-corrected chi connectivity index (χ4v) is 3.86. The summed E-state index contributed by atoms with van der Waals surface area (Å²) in [6, 6.07) is 15.0. The Morgan fingerprint density at radius 1 is 0.902 bits per heavy atom. The van der Waals surface area contributed by atoms with Gasteiger partial charge in [-0.15, -0.1) is 0 Å². The predicted molar refractivity (Wildman–Crippen MR) is 158 cm³/mol. The Labute approximate surface area is 239 Å². The molecule has 10 nitrogen and oxygen atoms in total. The maximum atomic E-state index is 14.0. The molecule has 0 spiro atoms. The Balaban J connectivity index is 1.71. The molecule has 0 fully saturated rings. The number of aromatic nitrogens is 1. The van der Waals surface area contributed by atoms with Gasteiger partial charge in [0, 0.05) is 6.20 Å². The third-order valence-corrected chi connectivity index (χ3v) is 5.76. The van der Waals surface area contributed by atoms with Crippen molar-refractivity contribution in [2.75, 3.05) is 36.6 Å². The first-order valence-corrected chi connectivity index (χ1v) is 13.2. The van der Waals surface area contributed by atoms with Gasteiger partial charge in [-0.1, -0.05) is 30.3 Å². The Morgan fingerprint density at radius 2 is 1.54 bits per heavy atom. The number of amides is 4. The van der Waals surface area contributed by atoms with E-state index in [4.69, 9.17) is 4.74 Å². The summed E-state index contributed by atoms with van der Waals surface area (Å²) in [5.41, 5.74) is 0.981. The zero-order valence-electron chi connectivity index (χ0n) is 24.0. The summed E-state index contributed by atoms with van der Waals surface area (Å²) < 4.78 is 19.3. The molecule has 2 aromatic carbocycles. The fourth-order valence-electron chi connectivity index (χ4n) is 3.86. The summed E-state index contributed by atoms with van der Waals surface area (Å²) in [7, 11) is 3.92. The second-order valence-electron chi connectivity index (χ2n) is 10.7. The lowest BCUT2D eigenvalue weighted by Crippen LogP contribution is -2.33. The topological polar surface area (TPSA) is 125 Å². The number of carbonyl (C=O) groups excluding carboxylic acids is 3. The lowest BCUT2D eigenvalue weighted by atomic mass is 10.0. The SMILES string of the molecule is CN(C)CCCC(NC(=O)Nc1ccccc1F)c1ccc(C(=O)Nc2ccccc2NC(=O)OC(C)(C)C)nc1. The zero-order chi connectivity index (χ0) is 30.0. The van der Waals surface area contributed by atoms with Crippen LogP contribution in [0.3, 0.4) is 0 Å². The van der Waals surface area contributed by atoms with Crippen molar-refractivity contribution in [1.82, 2.24) is 15.2 Å². The number of nitrogens with one attached hydrogen (secondary N) is 4. The molecule has 4 N–H and O–H groups in total. The minimum atomic E-state index is -0.675. The minimum absolute atomic E-state index is 0.0728. The number of carbonyl (C=O) groups is 3. The molecule has 1 heterocycles. The predicted octanol–water partition coefficient (Wildman–Crippen LogP) is 6.02. The van der Waals surface area contributed by atoms with Crippen LogP contribution in [0.4, 0.5) is 31.0 Å². The van der Waals surface area contributed by atoms with Crippen LogP contribution in [-0.4, -0.2) is 54.2 Å². The number of benzene rings is 2. The molecule has 0 aliphatic rings. The number of anilines is 3. The standard InChI is InChI=1S/C30H37FN6O4/c1-30(2,3)41-29(40)36-25-14-9-8-13-24(25)33-27(38)26-17-16-20(19-32-26)22(15-10-18-37(4)5)34-28(39)35-23-12-7-6-11-21(23)31/h6-9,11-14,16-17,19,22H,10,15,18H2,1-5H3,(H,33,38)(H,36,40)(H2,34,35,39). The van der Waals surface area contributed by atoms with E-state index in [0.29, 0.717) is 23.4 Å². The maximum absolute atomic E-state index is 14.0. The lowest BCUT2D eigenvalue weighted by molar-refractivity contribution is 0.0635. The van der Waals surface area contributed by atoms with Gasteiger partial charge in [-0.3, -0.25) is 15.1 Å². The third-order valence-electron chi connectivity index (χ3n) is 5.76. The average Bonchev–Trinajstić information content (AvgIpc) is 2.89. The molecule has 4 amide bonds. The molecule has 0 radical (unpaired) electrons. The molecule has 0 bridgehead atoms. The molecule has 0 aliphatic carbocycles. The van der Waals surface area contributed by atoms with Gasteiger partial charge in [-0.05, 0) is 90.1 Å². The molecule has 1 unspecified atom stereocenters. The molecule has 3 aromatic rings. The highest BCUT2D eigenvalue weighted by atomic mass is 19.1. The molecule has 218 valence electrons. The zero-order valence-corrected chi connectivity index (χ0v) is 24.0. The number of ether oxygens (including phenoxy) is 1. The highest BCUT2D eigenvalue weighted by Crippen LogP contribution is 2.24. The molecule has 1 atom stereocenters. The van der Waals surface area contributed by atoms with Gasteiger partial charge in [-0.2, -0.15) is 0 Å². The van der Waals surface area contributed by atoms with Crippen LogP contribution < -0.4 is 21.3 Å². The second-order valence-corrected chi connectivity index (χ2v) is 10.7. The van der Waals surface area contributed by atoms with E-state index in [1.54, 1.807) is 69.3 Å². The van der Waals surface area contributed by atoms with E-state index in [1.165, 1.54) is 18.3 Å². The van der Waals surface area contributed by atoms with E-state index >= 15 is 0 Å². The first kappa shape index (κ1) is 31.0. The van der Waals surface area contributed by atoms with Gasteiger partial charge in [0.15, 0.2) is 0 Å². The Morgan fingerprint density at radius 3 is 2.12 bits per heavy atom. The number of nitrogens with zero attached hydrogens (tertiary/aromatic N) is 2. The minimum Gasteiger partial charge on any atom is -0.444 e. The lowest BCUT2D eigenvalue weighted by Gasteiger charge is -2.21. The van der Waals surface area contributed by atoms with Gasteiger partial charge in [0.25, 0.3) is 5.91 Å². The van der Waals surface area contributed by atoms with Crippen LogP contribution in [0.2, 0.25) is 0 Å². The van der Waals surface area contributed by atoms with Crippen molar-refractivity contribution >= 4 is 35.1 Å². The first-order valence-electron chi connectivity index (χ1n) is 13.2. The van der Waals surface area contributed by atoms with E-state index in [-0.39, 0.29) is 11.4 Å². The Hall–Kier alpha value is -4.51. The van der Waals surface area contributed by atoms with Gasteiger partial charge < -0.3 is 25.6 Å². The van der Waals surface area contributed by atoms with Crippen LogP contribution in [0.1, 0.15) is 55.7 Å². The van der Waals surface area contributed by atoms with Gasteiger partial charge in [0.05, 0.1) is 23.1 Å². The van der Waals surface area contributed by atoms with Crippen LogP contribution in [0, 0.1) is 5.82 Å². The summed E-state index contributed by atoms with van der Waals surface area (Å²) in [4.78, 5) is 44.3. The van der Waals surface area contributed by atoms with E-state index in [9.17, 15) is 18.8 Å². The molecular weight excluding hydrogens is 527 g/mol. The van der Waals surface area contributed by atoms with Crippen molar-refractivity contribution in [2.24, 2.45) is 0 Å². The summed E-state index contributed by atoms with van der Waals surface area (Å²) in [5.74, 6) is -1.02. The third kappa shape index (κ3) is 10.2. The van der Waals surface area contributed by atoms with E-state index < -0.39 is 35.5 Å². The average molecular weight is 565 g/mol. The van der Waals surface area contributed by atoms with Crippen molar-refractivity contribution in [2.45, 2.75) is 45.3 Å². The molecule has 11 heteroatoms. The Kier molecular flexibility index (Phi) is 10.8. The number of urea groups is 1. The Bertz CT molecular complexity index is 1340. The van der Waals surface area contributed by atoms with E-state index in [1.807, 2.05) is 19.0 Å². The molecular formula is C30H37FN6O4. The number of para-hydroxylation sites is 3. The van der Waals surface area contributed by atoms with Gasteiger partial charge in [-0.25, -0.2) is 14.0 Å². The number of pyridine rings is 1. The highest BCUT2D eigenvalue weighted by molar-refractivity contribution is 6.05. The van der Waals surface area contributed by atoms with Crippen molar-refractivity contribution in [3.63, 3.8) is 0 Å². The van der Waals surface area contributed by atoms with Crippen molar-refractivity contribution < 1.29 is 23.5 Å². The van der Waals surface area contributed by atoms with Crippen LogP contribution in [0.5, 0.6) is 0 Å². The smallest absolute Gasteiger partial charge is 0.412 e. The van der Waals surface area contributed by atoms with Gasteiger partial charge in [0.2, 0.25) is 0 Å². The van der Waals surface area contributed by atoms with Crippen molar-refractivity contribution in [3.05, 3.63) is 83.9 Å². The fraction of sp³-hybridized carbons (Fsp3) is 0.333. The van der Waals surface area contributed by atoms with Gasteiger partial charge in [0.1, 0.15) is 17.1 Å². The van der Waals surface area contributed by atoms with Crippen LogP contribution in [0.25, 0.3) is 0 Å². The van der Waals surface area contributed by atoms with Crippen LogP contribution >= 0.6 is 0 Å². The van der Waals surface area contributed by atoms with Crippen molar-refractivity contribution in [1.29, 1.82) is 0 Å². The van der Waals surface area contributed by atoms with E-state index in [2.05, 4.69) is 26.3 Å². The van der Waals surface area contributed by atoms with Crippen LogP contribution in [0.15, 0.2) is 66.9 Å². The summed E-state index contributed by atoms with van der Waals surface area (Å²) >= 11 is 0. The molecule has 0 saturated carbocycles. The highest BCUT2D eigenvalue weighted by Gasteiger charge is 2.20. The maximum Gasteiger partial charge on any atom is 0.412 e. The molecule has 41 heavy (non-hydrogen) atoms. The summed E-state index contributed by atoms with van der Waals surface area (Å²) in [5, 5.41) is 10.8. The number of rotatable bonds is 10. The summed E-state index contributed by atoms with van der Waals surface area (Å²) in [6.45, 7) is 6.08. The largest absolute Gasteiger partial charge is 0.444 e. The normalized spacial score (nSPS) is 11.9. The molecule has 0 saturated heterocycles. The number of halogens is 1. The quantitative estimate of drug-likeness (QED) is 0.239. The monoisotopic (exact) mass is 564 g/mol. The van der Waals surface area contributed by atoms with Crippen LogP contribution in [-0.2, 0) is 4.74 Å². The van der Waals surface area contributed by atoms with Gasteiger partial charge >= 0.3 is 12.1 Å². The number of hydrogen-bond donors (Lipinski definition) is 4. The number of hydrogen-bond acceptors (Lipinski definition) is 6. The van der Waals surface area contributed by atoms with Crippen molar-refractivity contribution in [3.8, 4) is 0 Å². The summed E-state index contributed by atoms with van der Waals surface area (Å²) in [6.07, 6.45) is 2.26. The molecule has 3 rings (SSSR count). The first-order chi connectivity index (χ1) is 19.4.